The van der Waals surface area contributed by atoms with Gasteiger partial charge in [-0.25, -0.2) is 39.7 Å². The van der Waals surface area contributed by atoms with E-state index in [0.29, 0.717) is 16.1 Å². The molecular formula is C61H72N22O31. The molecule has 4 aliphatic heterocycles. The molecule has 4 saturated heterocycles. The highest BCUT2D eigenvalue weighted by Gasteiger charge is 2.54. The van der Waals surface area contributed by atoms with Gasteiger partial charge in [0.15, 0.2) is 94.3 Å². The highest BCUT2D eigenvalue weighted by molar-refractivity contribution is 6.16. The zero-order chi connectivity index (χ0) is 83.9. The molecule has 8 aromatic heterocycles. The number of amides is 4. The Hall–Kier alpha value is -12.9. The largest absolute Gasteiger partial charge is 0.473 e. The zero-order valence-electron chi connectivity index (χ0n) is 61.4. The van der Waals surface area contributed by atoms with E-state index in [2.05, 4.69) is 59.8 Å². The van der Waals surface area contributed by atoms with Crippen molar-refractivity contribution in [1.82, 2.24) is 78.1 Å². The fourth-order valence-electron chi connectivity index (χ4n) is 12.0. The highest BCUT2D eigenvalue weighted by Crippen LogP contribution is 2.41. The molecule has 53 heteroatoms. The number of imidazole rings is 4. The van der Waals surface area contributed by atoms with Crippen molar-refractivity contribution in [2.45, 2.75) is 167 Å². The molecule has 4 unspecified atom stereocenters. The summed E-state index contributed by atoms with van der Waals surface area (Å²) in [6.07, 6.45) is -12.4. The second kappa shape index (κ2) is 35.6. The number of nitrogen functional groups attached to an aromatic ring is 2. The van der Waals surface area contributed by atoms with Crippen molar-refractivity contribution >= 4 is 139 Å². The molecule has 4 amide bonds. The van der Waals surface area contributed by atoms with Crippen molar-refractivity contribution in [1.29, 1.82) is 0 Å². The second-order valence-corrected chi connectivity index (χ2v) is 24.6. The zero-order valence-corrected chi connectivity index (χ0v) is 61.4. The lowest BCUT2D eigenvalue weighted by molar-refractivity contribution is -0.394. The van der Waals surface area contributed by atoms with Gasteiger partial charge >= 0.3 is 53.7 Å². The lowest BCUT2D eigenvalue weighted by Gasteiger charge is -2.23. The first kappa shape index (κ1) is 85.1. The number of nitrogens with zero attached hydrogens (tertiary/aromatic N) is 20. The molecule has 0 aromatic carbocycles. The lowest BCUT2D eigenvalue weighted by Crippen LogP contribution is -2.40. The molecule has 16 atom stereocenters. The van der Waals surface area contributed by atoms with Gasteiger partial charge < -0.3 is 114 Å². The summed E-state index contributed by atoms with van der Waals surface area (Å²) in [5.41, 5.74) is 11.9. The topological polar surface area (TPSA) is 713 Å². The summed E-state index contributed by atoms with van der Waals surface area (Å²) < 4.78 is 64.1. The van der Waals surface area contributed by atoms with Gasteiger partial charge in [0.1, 0.15) is 81.0 Å². The van der Waals surface area contributed by atoms with Crippen LogP contribution in [0.4, 0.5) is 35.2 Å². The van der Waals surface area contributed by atoms with Gasteiger partial charge in [0, 0.05) is 69.2 Å². The Morgan fingerprint density at radius 2 is 0.772 bits per heavy atom. The first-order chi connectivity index (χ1) is 53.8. The number of aliphatic hydroxyl groups is 6. The van der Waals surface area contributed by atoms with Gasteiger partial charge in [0.05, 0.1) is 33.0 Å². The number of anilines is 4. The van der Waals surface area contributed by atoms with Gasteiger partial charge in [0.2, 0.25) is 40.7 Å². The standard InChI is InChI=1S/C20H22N6O11.C20H23N5O9.C11H15N5O5.C10H12N6O6/c1-8(27)25(9(2)28)18-14-17(22-20(23-18)26(32)33)24(7-21-14)19-16(36-12(5)31)15(35-11(4)30)13(37-19)6-34-10(3)29;1-9(26)25(10(2)27)19-15-18(21-7-22-19)24(8-23-15)20-17(33-13(5)30)16(32-12(4)29)14(34-20)6-31-11(3)28;1-20-11-14-8(12)5-9(15-11)16(3-13-5)10-7(19)6(18)4(2-17)21-10;11-7-4-8(14-10(13-7)16(20)21)15(2-12-4)9-6(19)5(18)3(1-17)22-9/h7,13,15-16,19H,6H2,1-5H3;7-8,14,16-17,20H,6H2,1-5H3;3-4,6-7,10,17-19H,2H2,1H3,(H2,12,14,15);2-3,5-6,9,17-19H,1H2,(H2,11,13,14)/t13-,15+,16?,19-;14-,16+,17?,20-;4-,6+,7?,10-;3-,5+,6?,9-/m1111/s1. The monoisotopic (exact) mass is 1610 g/mol. The third-order valence-electron chi connectivity index (χ3n) is 16.6. The van der Waals surface area contributed by atoms with Gasteiger partial charge in [-0.3, -0.25) is 66.2 Å². The Kier molecular flexibility index (Phi) is 26.6. The first-order valence-corrected chi connectivity index (χ1v) is 33.2. The Labute approximate surface area is 636 Å². The van der Waals surface area contributed by atoms with E-state index in [1.165, 1.54) is 74.4 Å². The van der Waals surface area contributed by atoms with Crippen LogP contribution in [0, 0.1) is 20.2 Å². The number of methoxy groups -OCH3 is 1. The molecule has 53 nitrogen and oxygen atoms in total. The number of nitro groups is 2. The number of esters is 6. The van der Waals surface area contributed by atoms with Gasteiger partial charge in [-0.2, -0.15) is 9.97 Å². The third-order valence-corrected chi connectivity index (χ3v) is 16.6. The molecular weight excluding hydrogens is 1540 g/mol. The Bertz CT molecular complexity index is 5010. The number of aliphatic hydroxyl groups excluding tert-OH is 6. The maximum Gasteiger partial charge on any atom is 0.473 e. The number of carbonyl (C=O) groups is 10. The number of hydrogen-bond acceptors (Lipinski definition) is 45. The normalized spacial score (nSPS) is 24.0. The van der Waals surface area contributed by atoms with Crippen molar-refractivity contribution in [3.63, 3.8) is 0 Å². The number of rotatable bonds is 19. The molecule has 0 saturated carbocycles. The average molecular weight is 1610 g/mol. The van der Waals surface area contributed by atoms with Crippen LogP contribution in [-0.2, 0) is 95.3 Å². The minimum Gasteiger partial charge on any atom is -0.467 e. The summed E-state index contributed by atoms with van der Waals surface area (Å²) in [7, 11) is 1.40. The number of nitrogens with two attached hydrogens (primary N) is 2. The summed E-state index contributed by atoms with van der Waals surface area (Å²) >= 11 is 0. The molecule has 10 N–H and O–H groups in total. The number of imide groups is 2. The van der Waals surface area contributed by atoms with Crippen LogP contribution >= 0.6 is 0 Å². The fourth-order valence-corrected chi connectivity index (χ4v) is 12.0. The van der Waals surface area contributed by atoms with E-state index in [0.717, 1.165) is 56.7 Å². The molecule has 114 heavy (non-hydrogen) atoms. The summed E-state index contributed by atoms with van der Waals surface area (Å²) in [4.78, 5) is 188. The van der Waals surface area contributed by atoms with Crippen LogP contribution in [-0.4, -0.2) is 285 Å². The van der Waals surface area contributed by atoms with Crippen molar-refractivity contribution in [2.75, 3.05) is 54.8 Å². The minimum atomic E-state index is -1.37. The van der Waals surface area contributed by atoms with Gasteiger partial charge in [-0.15, -0.1) is 0 Å². The number of carbonyl (C=O) groups excluding carboxylic acids is 10. The van der Waals surface area contributed by atoms with Gasteiger partial charge in [-0.05, 0) is 29.8 Å². The first-order valence-electron chi connectivity index (χ1n) is 33.2. The molecule has 8 aromatic rings. The summed E-state index contributed by atoms with van der Waals surface area (Å²) in [6, 6.07) is 0.0495. The maximum atomic E-state index is 12.1. The smallest absolute Gasteiger partial charge is 0.467 e. The number of hydrogen-bond donors (Lipinski definition) is 8. The van der Waals surface area contributed by atoms with E-state index in [-0.39, 0.29) is 63.6 Å². The number of fused-ring (bicyclic) bond motifs is 4. The fraction of sp³-hybridized carbons (Fsp3) is 0.508. The average Bonchev–Trinajstić information content (AvgIpc) is 1.22. The third kappa shape index (κ3) is 18.2. The second-order valence-electron chi connectivity index (χ2n) is 24.6. The van der Waals surface area contributed by atoms with Crippen molar-refractivity contribution in [2.24, 2.45) is 0 Å². The van der Waals surface area contributed by atoms with Crippen LogP contribution < -0.4 is 26.0 Å². The van der Waals surface area contributed by atoms with E-state index in [4.69, 9.17) is 73.8 Å². The van der Waals surface area contributed by atoms with Gasteiger partial charge in [0.25, 0.3) is 5.82 Å². The van der Waals surface area contributed by atoms with Crippen molar-refractivity contribution in [3.05, 3.63) is 51.9 Å². The molecule has 12 rings (SSSR count). The SMILES string of the molecule is CC(=O)OC[C@H]1O[C@@H](n2cnc3c(N(C(C)=O)C(C)=O)nc([N+](=O)[O-])nc32)C(OC(C)=O)[C@H]1OC(C)=O.CC(=O)OC[C@H]1O[C@@H](n2cnc3c(N(C(C)=O)C(C)=O)ncnc32)C(OC(C)=O)[C@H]1OC(C)=O.COc1nc(N)c2ncn([C@@H]3O[C@H](CO)[C@H](O)C3O)c2n1.Nc1nc([N+](=O)[O-])nc2c1ncn2[C@@H]1O[C@H](CO)[C@H](O)C1O. The quantitative estimate of drug-likeness (QED) is 0.0165. The Morgan fingerprint density at radius 1 is 0.430 bits per heavy atom. The van der Waals surface area contributed by atoms with Crippen LogP contribution in [0.5, 0.6) is 6.01 Å². The Balaban J connectivity index is 0.000000179. The number of aromatic nitrogens is 16. The van der Waals surface area contributed by atoms with Crippen LogP contribution in [0.2, 0.25) is 0 Å². The van der Waals surface area contributed by atoms with E-state index < -0.39 is 205 Å². The van der Waals surface area contributed by atoms with Gasteiger partial charge in [-0.1, -0.05) is 0 Å². The maximum absolute atomic E-state index is 12.1. The molecule has 0 radical (unpaired) electrons. The predicted molar refractivity (Wildman–Crippen MR) is 367 cm³/mol. The minimum absolute atomic E-state index is 0.0194. The Morgan fingerprint density at radius 3 is 1.15 bits per heavy atom. The van der Waals surface area contributed by atoms with E-state index >= 15 is 0 Å². The molecule has 4 fully saturated rings. The van der Waals surface area contributed by atoms with Crippen molar-refractivity contribution in [3.8, 4) is 6.01 Å². The summed E-state index contributed by atoms with van der Waals surface area (Å²) in [6.45, 7) is 9.81. The van der Waals surface area contributed by atoms with Crippen LogP contribution in [0.3, 0.4) is 0 Å². The summed E-state index contributed by atoms with van der Waals surface area (Å²) in [5, 5.41) is 80.2. The lowest BCUT2D eigenvalue weighted by atomic mass is 10.1. The molecule has 0 aliphatic carbocycles. The summed E-state index contributed by atoms with van der Waals surface area (Å²) in [5.74, 6) is -9.11. The van der Waals surface area contributed by atoms with E-state index in [1.54, 1.807) is 0 Å². The van der Waals surface area contributed by atoms with Crippen LogP contribution in [0.1, 0.15) is 94.1 Å². The molecule has 12 heterocycles. The molecule has 0 bridgehead atoms. The van der Waals surface area contributed by atoms with E-state index in [1.807, 2.05) is 0 Å². The van der Waals surface area contributed by atoms with E-state index in [9.17, 15) is 88.6 Å². The van der Waals surface area contributed by atoms with Crippen LogP contribution in [0.15, 0.2) is 31.6 Å². The molecule has 612 valence electrons. The van der Waals surface area contributed by atoms with Crippen LogP contribution in [0.25, 0.3) is 44.7 Å². The highest BCUT2D eigenvalue weighted by atomic mass is 16.7. The molecule has 0 spiro atoms. The predicted octanol–water partition coefficient (Wildman–Crippen LogP) is -4.04. The molecule has 4 aliphatic rings. The van der Waals surface area contributed by atoms with Crippen molar-refractivity contribution < 1.29 is 141 Å². The number of ether oxygens (including phenoxy) is 11.